The van der Waals surface area contributed by atoms with Crippen molar-refractivity contribution in [2.24, 2.45) is 0 Å². The number of halogens is 1. The molecule has 0 atom stereocenters. The standard InChI is InChI=1S/C14H11BrN4/c1-8-2-3-10(15)6-11(8)14-18-7-9-4-5-17-13(16)12(9)19-14/h2-7H,1H3,(H2,16,17). The molecule has 0 aliphatic carbocycles. The van der Waals surface area contributed by atoms with Crippen molar-refractivity contribution >= 4 is 32.7 Å². The Morgan fingerprint density at radius 1 is 1.16 bits per heavy atom. The number of hydrogen-bond donors (Lipinski definition) is 1. The molecule has 5 heteroatoms. The van der Waals surface area contributed by atoms with Gasteiger partial charge in [-0.3, -0.25) is 0 Å². The lowest BCUT2D eigenvalue weighted by Crippen LogP contribution is -1.97. The summed E-state index contributed by atoms with van der Waals surface area (Å²) in [6, 6.07) is 7.88. The third-order valence-electron chi connectivity index (χ3n) is 2.97. The van der Waals surface area contributed by atoms with Gasteiger partial charge in [-0.05, 0) is 30.7 Å². The Bertz CT molecular complexity index is 770. The molecule has 94 valence electrons. The van der Waals surface area contributed by atoms with Crippen LogP contribution in [0.3, 0.4) is 0 Å². The first kappa shape index (κ1) is 12.0. The Balaban J connectivity index is 2.26. The second-order valence-electron chi connectivity index (χ2n) is 4.29. The van der Waals surface area contributed by atoms with Crippen LogP contribution in [0.4, 0.5) is 5.82 Å². The van der Waals surface area contributed by atoms with Crippen LogP contribution in [0.2, 0.25) is 0 Å². The smallest absolute Gasteiger partial charge is 0.160 e. The second-order valence-corrected chi connectivity index (χ2v) is 5.20. The number of benzene rings is 1. The number of pyridine rings is 1. The molecule has 0 amide bonds. The average molecular weight is 315 g/mol. The molecule has 0 aliphatic heterocycles. The largest absolute Gasteiger partial charge is 0.382 e. The Labute approximate surface area is 118 Å². The molecule has 1 aromatic carbocycles. The van der Waals surface area contributed by atoms with Crippen molar-refractivity contribution < 1.29 is 0 Å². The third-order valence-corrected chi connectivity index (χ3v) is 3.46. The van der Waals surface area contributed by atoms with Crippen molar-refractivity contribution in [1.82, 2.24) is 15.0 Å². The van der Waals surface area contributed by atoms with Crippen molar-refractivity contribution in [3.63, 3.8) is 0 Å². The van der Waals surface area contributed by atoms with Crippen LogP contribution >= 0.6 is 15.9 Å². The molecule has 2 N–H and O–H groups in total. The molecule has 2 aromatic heterocycles. The number of hydrogen-bond acceptors (Lipinski definition) is 4. The molecule has 0 saturated carbocycles. The molecular formula is C14H11BrN4. The van der Waals surface area contributed by atoms with Crippen molar-refractivity contribution in [2.45, 2.75) is 6.92 Å². The van der Waals surface area contributed by atoms with Crippen molar-refractivity contribution in [3.05, 3.63) is 46.7 Å². The van der Waals surface area contributed by atoms with Crippen LogP contribution in [0.25, 0.3) is 22.3 Å². The molecule has 0 bridgehead atoms. The topological polar surface area (TPSA) is 64.7 Å². The molecule has 4 nitrogen and oxygen atoms in total. The van der Waals surface area contributed by atoms with Gasteiger partial charge < -0.3 is 5.73 Å². The summed E-state index contributed by atoms with van der Waals surface area (Å²) in [4.78, 5) is 13.0. The molecule has 0 radical (unpaired) electrons. The highest BCUT2D eigenvalue weighted by Crippen LogP contribution is 2.26. The van der Waals surface area contributed by atoms with E-state index in [-0.39, 0.29) is 0 Å². The van der Waals surface area contributed by atoms with Gasteiger partial charge in [0.15, 0.2) is 5.82 Å². The molecule has 2 heterocycles. The van der Waals surface area contributed by atoms with Crippen molar-refractivity contribution in [2.75, 3.05) is 5.73 Å². The maximum absolute atomic E-state index is 5.86. The number of fused-ring (bicyclic) bond motifs is 1. The molecule has 0 saturated heterocycles. The first-order chi connectivity index (χ1) is 9.15. The summed E-state index contributed by atoms with van der Waals surface area (Å²) in [5.41, 5.74) is 8.65. The number of aromatic nitrogens is 3. The second kappa shape index (κ2) is 4.59. The van der Waals surface area contributed by atoms with Gasteiger partial charge in [-0.2, -0.15) is 0 Å². The number of rotatable bonds is 1. The van der Waals surface area contributed by atoms with Gasteiger partial charge in [-0.25, -0.2) is 15.0 Å². The van der Waals surface area contributed by atoms with E-state index >= 15 is 0 Å². The highest BCUT2D eigenvalue weighted by atomic mass is 79.9. The highest BCUT2D eigenvalue weighted by molar-refractivity contribution is 9.10. The van der Waals surface area contributed by atoms with Gasteiger partial charge in [0.05, 0.1) is 0 Å². The monoisotopic (exact) mass is 314 g/mol. The zero-order valence-electron chi connectivity index (χ0n) is 10.3. The van der Waals surface area contributed by atoms with E-state index in [2.05, 4.69) is 30.9 Å². The Morgan fingerprint density at radius 3 is 2.84 bits per heavy atom. The van der Waals surface area contributed by atoms with E-state index in [0.717, 1.165) is 21.0 Å². The van der Waals surface area contributed by atoms with Crippen LogP contribution in [0.1, 0.15) is 5.56 Å². The third kappa shape index (κ3) is 2.17. The minimum Gasteiger partial charge on any atom is -0.382 e. The predicted molar refractivity (Wildman–Crippen MR) is 79.6 cm³/mol. The fourth-order valence-corrected chi connectivity index (χ4v) is 2.30. The van der Waals surface area contributed by atoms with E-state index in [4.69, 9.17) is 5.73 Å². The maximum Gasteiger partial charge on any atom is 0.160 e. The van der Waals surface area contributed by atoms with E-state index in [0.29, 0.717) is 17.2 Å². The van der Waals surface area contributed by atoms with Crippen LogP contribution in [0, 0.1) is 6.92 Å². The first-order valence-corrected chi connectivity index (χ1v) is 6.58. The van der Waals surface area contributed by atoms with E-state index in [1.165, 1.54) is 0 Å². The quantitative estimate of drug-likeness (QED) is 0.748. The van der Waals surface area contributed by atoms with Gasteiger partial charge in [-0.1, -0.05) is 22.0 Å². The predicted octanol–water partition coefficient (Wildman–Crippen LogP) is 3.34. The highest BCUT2D eigenvalue weighted by Gasteiger charge is 2.08. The minimum atomic E-state index is 0.425. The van der Waals surface area contributed by atoms with Gasteiger partial charge in [-0.15, -0.1) is 0 Å². The molecular weight excluding hydrogens is 304 g/mol. The van der Waals surface area contributed by atoms with Gasteiger partial charge >= 0.3 is 0 Å². The summed E-state index contributed by atoms with van der Waals surface area (Å²) in [7, 11) is 0. The molecule has 19 heavy (non-hydrogen) atoms. The molecule has 3 aromatic rings. The van der Waals surface area contributed by atoms with Gasteiger partial charge in [0.2, 0.25) is 0 Å². The minimum absolute atomic E-state index is 0.425. The number of aryl methyl sites for hydroxylation is 1. The van der Waals surface area contributed by atoms with Crippen LogP contribution in [0.5, 0.6) is 0 Å². The van der Waals surface area contributed by atoms with E-state index in [1.54, 1.807) is 12.4 Å². The Morgan fingerprint density at radius 2 is 2.00 bits per heavy atom. The van der Waals surface area contributed by atoms with Crippen LogP contribution in [-0.2, 0) is 0 Å². The number of nitrogens with zero attached hydrogens (tertiary/aromatic N) is 3. The van der Waals surface area contributed by atoms with E-state index in [1.807, 2.05) is 31.2 Å². The molecule has 0 fully saturated rings. The fraction of sp³-hybridized carbons (Fsp3) is 0.0714. The Hall–Kier alpha value is -2.01. The number of nitrogen functional groups attached to an aromatic ring is 1. The summed E-state index contributed by atoms with van der Waals surface area (Å²) in [5, 5.41) is 0.892. The zero-order valence-corrected chi connectivity index (χ0v) is 11.8. The van der Waals surface area contributed by atoms with Crippen molar-refractivity contribution in [3.8, 4) is 11.4 Å². The first-order valence-electron chi connectivity index (χ1n) is 5.79. The lowest BCUT2D eigenvalue weighted by atomic mass is 10.1. The fourth-order valence-electron chi connectivity index (χ4n) is 1.94. The molecule has 0 unspecified atom stereocenters. The van der Waals surface area contributed by atoms with Gasteiger partial charge in [0.1, 0.15) is 11.3 Å². The number of anilines is 1. The van der Waals surface area contributed by atoms with Gasteiger partial charge in [0.25, 0.3) is 0 Å². The summed E-state index contributed by atoms with van der Waals surface area (Å²) in [5.74, 6) is 1.08. The molecule has 0 spiro atoms. The normalized spacial score (nSPS) is 10.8. The average Bonchev–Trinajstić information content (AvgIpc) is 2.42. The molecule has 3 rings (SSSR count). The maximum atomic E-state index is 5.86. The SMILES string of the molecule is Cc1ccc(Br)cc1-c1ncc2ccnc(N)c2n1. The summed E-state index contributed by atoms with van der Waals surface area (Å²) >= 11 is 3.47. The van der Waals surface area contributed by atoms with Gasteiger partial charge in [0, 0.05) is 27.8 Å². The lowest BCUT2D eigenvalue weighted by Gasteiger charge is -2.07. The van der Waals surface area contributed by atoms with Crippen molar-refractivity contribution in [1.29, 1.82) is 0 Å². The number of nitrogens with two attached hydrogens (primary N) is 1. The van der Waals surface area contributed by atoms with Crippen LogP contribution in [-0.4, -0.2) is 15.0 Å². The Kier molecular flexibility index (Phi) is 2.91. The lowest BCUT2D eigenvalue weighted by molar-refractivity contribution is 1.20. The zero-order chi connectivity index (χ0) is 13.4. The van der Waals surface area contributed by atoms with E-state index in [9.17, 15) is 0 Å². The summed E-state index contributed by atoms with van der Waals surface area (Å²) < 4.78 is 0.996. The van der Waals surface area contributed by atoms with Crippen LogP contribution in [0.15, 0.2) is 41.1 Å². The van der Waals surface area contributed by atoms with E-state index < -0.39 is 0 Å². The summed E-state index contributed by atoms with van der Waals surface area (Å²) in [6.45, 7) is 2.03. The summed E-state index contributed by atoms with van der Waals surface area (Å²) in [6.07, 6.45) is 3.43. The molecule has 0 aliphatic rings. The van der Waals surface area contributed by atoms with Crippen LogP contribution < -0.4 is 5.73 Å².